The smallest absolute Gasteiger partial charge is 0.264 e. The molecule has 0 radical (unpaired) electrons. The van der Waals surface area contributed by atoms with Gasteiger partial charge in [-0.05, 0) is 97.6 Å². The molecule has 0 bridgehead atoms. The van der Waals surface area contributed by atoms with Crippen LogP contribution >= 0.6 is 0 Å². The van der Waals surface area contributed by atoms with Gasteiger partial charge in [0.15, 0.2) is 32.8 Å². The summed E-state index contributed by atoms with van der Waals surface area (Å²) in [5, 5.41) is 11.8. The third kappa shape index (κ3) is 16.4. The highest BCUT2D eigenvalue weighted by molar-refractivity contribution is 7.91. The number of aliphatic hydroxyl groups is 1. The van der Waals surface area contributed by atoms with Gasteiger partial charge in [0.25, 0.3) is 10.1 Å². The average Bonchev–Trinajstić information content (AvgIpc) is 3.92. The predicted molar refractivity (Wildman–Crippen MR) is 261 cm³/mol. The third-order valence-corrected chi connectivity index (χ3v) is 26.0. The number of hydrogen-bond donors (Lipinski definition) is 1. The Labute approximate surface area is 395 Å². The molecule has 4 rings (SSSR count). The van der Waals surface area contributed by atoms with E-state index in [9.17, 15) is 21.9 Å². The lowest BCUT2D eigenvalue weighted by Gasteiger charge is -2.42. The van der Waals surface area contributed by atoms with Crippen LogP contribution in [0.4, 0.5) is 0 Å². The van der Waals surface area contributed by atoms with Gasteiger partial charge in [0.05, 0.1) is 85.6 Å². The molecule has 3 aliphatic rings. The van der Waals surface area contributed by atoms with Crippen LogP contribution in [0, 0.1) is 11.8 Å². The maximum atomic E-state index is 14.1. The Balaban J connectivity index is 1.53. The quantitative estimate of drug-likeness (QED) is 0.0562. The monoisotopic (exact) mass is 988 g/mol. The van der Waals surface area contributed by atoms with Gasteiger partial charge in [0.2, 0.25) is 0 Å². The summed E-state index contributed by atoms with van der Waals surface area (Å²) in [6.45, 7) is 34.0. The van der Waals surface area contributed by atoms with E-state index in [1.54, 1.807) is 37.4 Å². The van der Waals surface area contributed by atoms with E-state index in [1.807, 2.05) is 6.92 Å². The molecule has 1 N–H and O–H groups in total. The Morgan fingerprint density at radius 1 is 0.877 bits per heavy atom. The van der Waals surface area contributed by atoms with Crippen molar-refractivity contribution in [3.8, 4) is 0 Å². The largest absolute Gasteiger partial charge is 0.414 e. The molecule has 3 aliphatic heterocycles. The second kappa shape index (κ2) is 23.1. The zero-order chi connectivity index (χ0) is 48.8. The Hall–Kier alpha value is -1.33. The van der Waals surface area contributed by atoms with Crippen molar-refractivity contribution in [1.82, 2.24) is 0 Å². The highest BCUT2D eigenvalue weighted by Crippen LogP contribution is 2.43. The fourth-order valence-electron chi connectivity index (χ4n) is 8.51. The summed E-state index contributed by atoms with van der Waals surface area (Å²) < 4.78 is 103. The van der Waals surface area contributed by atoms with Crippen LogP contribution in [0.1, 0.15) is 99.8 Å². The molecule has 374 valence electrons. The van der Waals surface area contributed by atoms with Crippen molar-refractivity contribution in [3.63, 3.8) is 0 Å². The summed E-state index contributed by atoms with van der Waals surface area (Å²) in [7, 11) is -10.6. The molecule has 0 aliphatic carbocycles. The van der Waals surface area contributed by atoms with E-state index < -0.39 is 73.0 Å². The van der Waals surface area contributed by atoms with Gasteiger partial charge in [0, 0.05) is 32.3 Å². The predicted octanol–water partition coefficient (Wildman–Crippen LogP) is 8.99. The van der Waals surface area contributed by atoms with Crippen LogP contribution in [0.2, 0.25) is 36.3 Å². The average molecular weight is 989 g/mol. The van der Waals surface area contributed by atoms with Gasteiger partial charge in [0.1, 0.15) is 0 Å². The molecule has 3 saturated heterocycles. The molecule has 13 nitrogen and oxygen atoms in total. The number of benzene rings is 1. The van der Waals surface area contributed by atoms with E-state index in [1.165, 1.54) is 0 Å². The van der Waals surface area contributed by atoms with Crippen molar-refractivity contribution in [2.45, 2.75) is 196 Å². The van der Waals surface area contributed by atoms with E-state index in [0.29, 0.717) is 51.1 Å². The summed E-state index contributed by atoms with van der Waals surface area (Å²) in [5.41, 5.74) is 1.43. The molecule has 0 aromatic heterocycles. The van der Waals surface area contributed by atoms with Gasteiger partial charge in [-0.1, -0.05) is 79.8 Å². The first-order valence-corrected chi connectivity index (χ1v) is 32.8. The minimum atomic E-state index is -3.82. The normalized spacial score (nSPS) is 26.1. The zero-order valence-corrected chi connectivity index (χ0v) is 45.4. The number of aliphatic hydroxyl groups excluding tert-OH is 1. The van der Waals surface area contributed by atoms with Crippen LogP contribution in [0.15, 0.2) is 59.5 Å². The van der Waals surface area contributed by atoms with Gasteiger partial charge >= 0.3 is 0 Å². The lowest BCUT2D eigenvalue weighted by atomic mass is 9.86. The summed E-state index contributed by atoms with van der Waals surface area (Å²) >= 11 is 0. The lowest BCUT2D eigenvalue weighted by molar-refractivity contribution is -0.0588. The molecule has 1 unspecified atom stereocenters. The van der Waals surface area contributed by atoms with Crippen molar-refractivity contribution >= 4 is 36.6 Å². The Morgan fingerprint density at radius 2 is 1.49 bits per heavy atom. The van der Waals surface area contributed by atoms with Crippen LogP contribution in [0.5, 0.6) is 0 Å². The molecule has 3 fully saturated rings. The van der Waals surface area contributed by atoms with Gasteiger partial charge in [-0.15, -0.1) is 0 Å². The van der Waals surface area contributed by atoms with Crippen molar-refractivity contribution in [2.75, 3.05) is 38.9 Å². The zero-order valence-electron chi connectivity index (χ0n) is 41.8. The molecule has 10 atom stereocenters. The summed E-state index contributed by atoms with van der Waals surface area (Å²) in [6, 6.07) is 8.35. The van der Waals surface area contributed by atoms with Crippen molar-refractivity contribution in [3.05, 3.63) is 54.6 Å². The molecule has 65 heavy (non-hydrogen) atoms. The highest BCUT2D eigenvalue weighted by atomic mass is 32.2. The topological polar surface area (TPSA) is 162 Å². The van der Waals surface area contributed by atoms with Gasteiger partial charge in [-0.3, -0.25) is 4.18 Å². The number of rotatable bonds is 25. The molecule has 1 aromatic carbocycles. The molecular formula is C48H84O13S2Si2. The summed E-state index contributed by atoms with van der Waals surface area (Å²) in [6.07, 6.45) is 0.274. The first-order valence-electron chi connectivity index (χ1n) is 23.5. The van der Waals surface area contributed by atoms with Crippen molar-refractivity contribution in [2.24, 2.45) is 11.8 Å². The third-order valence-electron chi connectivity index (χ3n) is 14.5. The highest BCUT2D eigenvalue weighted by Gasteiger charge is 2.50. The molecule has 17 heteroatoms. The maximum absolute atomic E-state index is 14.1. The van der Waals surface area contributed by atoms with Gasteiger partial charge < -0.3 is 37.6 Å². The van der Waals surface area contributed by atoms with Crippen LogP contribution in [-0.4, -0.2) is 133 Å². The number of ether oxygens (including phenoxy) is 5. The molecule has 0 saturated carbocycles. The Bertz CT molecular complexity index is 1910. The lowest BCUT2D eigenvalue weighted by Crippen LogP contribution is -2.49. The fraction of sp³-hybridized carbons (Fsp3) is 0.792. The van der Waals surface area contributed by atoms with E-state index in [4.69, 9.17) is 36.7 Å². The summed E-state index contributed by atoms with van der Waals surface area (Å²) in [5.74, 6) is -1.28. The van der Waals surface area contributed by atoms with Gasteiger partial charge in [-0.2, -0.15) is 8.42 Å². The molecule has 0 amide bonds. The first-order chi connectivity index (χ1) is 29.9. The summed E-state index contributed by atoms with van der Waals surface area (Å²) in [4.78, 5) is 0.199. The van der Waals surface area contributed by atoms with Crippen molar-refractivity contribution in [1.29, 1.82) is 0 Å². The second-order valence-electron chi connectivity index (χ2n) is 21.8. The van der Waals surface area contributed by atoms with E-state index in [-0.39, 0.29) is 64.1 Å². The fourth-order valence-corrected chi connectivity index (χ4v) is 13.2. The molecule has 0 spiro atoms. The van der Waals surface area contributed by atoms with E-state index >= 15 is 0 Å². The minimum absolute atomic E-state index is 0.0174. The second-order valence-corrected chi connectivity index (χ2v) is 35.0. The van der Waals surface area contributed by atoms with Crippen LogP contribution in [-0.2, 0) is 56.7 Å². The van der Waals surface area contributed by atoms with E-state index in [0.717, 1.165) is 24.7 Å². The molecule has 1 aromatic rings. The molecule has 3 heterocycles. The van der Waals surface area contributed by atoms with Crippen molar-refractivity contribution < 1.29 is 58.7 Å². The minimum Gasteiger partial charge on any atom is -0.414 e. The van der Waals surface area contributed by atoms with E-state index in [2.05, 4.69) is 80.9 Å². The number of sulfone groups is 1. The van der Waals surface area contributed by atoms with Crippen LogP contribution in [0.3, 0.4) is 0 Å². The Kier molecular flexibility index (Phi) is 20.0. The standard InChI is InChI=1S/C48H84O13S2Si2/c1-33(27-37(60-62(11,50)51)21-23-42-34(2)28-36(58-42)22-24-45-55-25-26-56-45)35(3)41(49)30-43-40(32-63(52,53)39-19-17-16-18-20-39)46(54-10)44(59-43)29-38(61-65(14,15)48(7,8)9)31-57-64(12,13)47(4,5)6/h16-20,33,36-38,40-46,49H,2-3,21-32H2,1,4-15H3/t33-,36-,37+,38?,40-,41+,42-,43-,44+,46+/m0/s1. The Morgan fingerprint density at radius 3 is 2.06 bits per heavy atom. The first kappa shape index (κ1) is 56.3. The maximum Gasteiger partial charge on any atom is 0.264 e. The molecular weight excluding hydrogens is 905 g/mol. The van der Waals surface area contributed by atoms with Crippen LogP contribution in [0.25, 0.3) is 0 Å². The number of methoxy groups -OCH3 is 1. The van der Waals surface area contributed by atoms with Gasteiger partial charge in [-0.25, -0.2) is 8.42 Å². The number of hydrogen-bond acceptors (Lipinski definition) is 13. The van der Waals surface area contributed by atoms with Crippen LogP contribution < -0.4 is 0 Å². The SMILES string of the molecule is C=C1C[C@H](CCC2OCCO2)O[C@H]1CC[C@H](C[C@H](C)C(=C)[C@H](O)C[C@@H]1O[C@H](CC(CO[Si](C)(C)C(C)(C)C)O[Si](C)(C)C(C)(C)C)[C@H](OC)[C@H]1CS(=O)(=O)c1ccccc1)OS(C)(=O)=O.